The molecule has 1 saturated carbocycles. The molecule has 1 aliphatic carbocycles. The number of methoxy groups -OCH3 is 1. The van der Waals surface area contributed by atoms with E-state index in [1.54, 1.807) is 24.3 Å². The van der Waals surface area contributed by atoms with E-state index in [1.807, 2.05) is 36.4 Å². The quantitative estimate of drug-likeness (QED) is 0.154. The summed E-state index contributed by atoms with van der Waals surface area (Å²) in [7, 11) is 1.39. The first-order valence-corrected chi connectivity index (χ1v) is 14.0. The molecule has 2 aromatic carbocycles. The molecule has 0 amide bonds. The van der Waals surface area contributed by atoms with E-state index < -0.39 is 12.2 Å². The molecule has 2 N–H and O–H groups in total. The first-order valence-electron chi connectivity index (χ1n) is 13.2. The van der Waals surface area contributed by atoms with Crippen LogP contribution in [0.4, 0.5) is 4.39 Å². The van der Waals surface area contributed by atoms with Gasteiger partial charge in [-0.2, -0.15) is 0 Å². The van der Waals surface area contributed by atoms with E-state index in [9.17, 15) is 19.4 Å². The zero-order valence-corrected chi connectivity index (χ0v) is 23.4. The van der Waals surface area contributed by atoms with E-state index in [0.717, 1.165) is 16.5 Å². The number of carbonyl (C=O) groups excluding carboxylic acids is 1. The average Bonchev–Trinajstić information content (AvgIpc) is 3.21. The SMILES string of the molecule is COC(=O)CCC/C=C\CC1C(O)CC(OCc2ccccc2Br)C1/C=C/C(O)CCc1ccccc1F. The minimum absolute atomic E-state index is 0.0638. The molecule has 2 aromatic rings. The van der Waals surface area contributed by atoms with Gasteiger partial charge < -0.3 is 19.7 Å². The lowest BCUT2D eigenvalue weighted by molar-refractivity contribution is -0.140. The number of aliphatic hydroxyl groups excluding tert-OH is 2. The Labute approximate surface area is 233 Å². The Kier molecular flexibility index (Phi) is 12.7. The van der Waals surface area contributed by atoms with E-state index in [4.69, 9.17) is 4.74 Å². The lowest BCUT2D eigenvalue weighted by Crippen LogP contribution is -2.22. The van der Waals surface area contributed by atoms with Crippen LogP contribution in [0.15, 0.2) is 77.3 Å². The van der Waals surface area contributed by atoms with Crippen LogP contribution in [0.2, 0.25) is 0 Å². The molecular weight excluding hydrogens is 551 g/mol. The van der Waals surface area contributed by atoms with Crippen LogP contribution in [-0.4, -0.2) is 41.6 Å². The third-order valence-electron chi connectivity index (χ3n) is 7.08. The maximum absolute atomic E-state index is 13.9. The number of rotatable bonds is 14. The summed E-state index contributed by atoms with van der Waals surface area (Å²) in [6.07, 6.45) is 10.2. The van der Waals surface area contributed by atoms with Crippen molar-refractivity contribution in [1.82, 2.24) is 0 Å². The summed E-state index contributed by atoms with van der Waals surface area (Å²) < 4.78 is 25.9. The largest absolute Gasteiger partial charge is 0.469 e. The Morgan fingerprint density at radius 1 is 1.16 bits per heavy atom. The number of unbranched alkanes of at least 4 members (excludes halogenated alkanes) is 1. The van der Waals surface area contributed by atoms with Crippen LogP contribution in [0, 0.1) is 17.7 Å². The number of esters is 1. The van der Waals surface area contributed by atoms with Gasteiger partial charge in [0, 0.05) is 23.2 Å². The molecule has 7 heteroatoms. The van der Waals surface area contributed by atoms with Gasteiger partial charge in [-0.25, -0.2) is 4.39 Å². The number of aryl methyl sites for hydroxylation is 1. The predicted molar refractivity (Wildman–Crippen MR) is 150 cm³/mol. The van der Waals surface area contributed by atoms with Gasteiger partial charge in [-0.15, -0.1) is 0 Å². The normalized spacial score (nSPS) is 22.3. The summed E-state index contributed by atoms with van der Waals surface area (Å²) in [5.41, 5.74) is 1.62. The fraction of sp³-hybridized carbons (Fsp3) is 0.452. The van der Waals surface area contributed by atoms with Crippen LogP contribution in [0.5, 0.6) is 0 Å². The molecule has 5 unspecified atom stereocenters. The predicted octanol–water partition coefficient (Wildman–Crippen LogP) is 6.31. The van der Waals surface area contributed by atoms with Gasteiger partial charge in [-0.3, -0.25) is 4.79 Å². The summed E-state index contributed by atoms with van der Waals surface area (Å²) in [6.45, 7) is 0.412. The van der Waals surface area contributed by atoms with Crippen LogP contribution in [0.3, 0.4) is 0 Å². The van der Waals surface area contributed by atoms with Gasteiger partial charge in [0.1, 0.15) is 5.82 Å². The van der Waals surface area contributed by atoms with Gasteiger partial charge in [0.25, 0.3) is 0 Å². The Balaban J connectivity index is 1.63. The van der Waals surface area contributed by atoms with Gasteiger partial charge in [0.2, 0.25) is 0 Å². The second-order valence-corrected chi connectivity index (χ2v) is 10.6. The molecule has 5 atom stereocenters. The van der Waals surface area contributed by atoms with E-state index in [1.165, 1.54) is 13.2 Å². The minimum atomic E-state index is -0.731. The lowest BCUT2D eigenvalue weighted by atomic mass is 9.89. The Bertz CT molecular complexity index is 1070. The molecule has 5 nitrogen and oxygen atoms in total. The molecule has 1 fully saturated rings. The smallest absolute Gasteiger partial charge is 0.305 e. The Morgan fingerprint density at radius 3 is 2.63 bits per heavy atom. The maximum atomic E-state index is 13.9. The Morgan fingerprint density at radius 2 is 1.89 bits per heavy atom. The minimum Gasteiger partial charge on any atom is -0.469 e. The van der Waals surface area contributed by atoms with E-state index in [0.29, 0.717) is 50.7 Å². The van der Waals surface area contributed by atoms with Gasteiger partial charge in [-0.05, 0) is 61.3 Å². The van der Waals surface area contributed by atoms with Crippen LogP contribution in [0.25, 0.3) is 0 Å². The van der Waals surface area contributed by atoms with Crippen molar-refractivity contribution < 1.29 is 28.9 Å². The fourth-order valence-corrected chi connectivity index (χ4v) is 5.27. The molecule has 3 rings (SSSR count). The second kappa shape index (κ2) is 15.9. The number of hydrogen-bond donors (Lipinski definition) is 2. The molecule has 0 radical (unpaired) electrons. The standard InChI is InChI=1S/C31H38BrFO5/c1-37-31(36)15-5-3-2-4-12-25-26(19-18-24(34)17-16-22-10-7-9-14-28(22)33)30(20-29(25)35)38-21-23-11-6-8-13-27(23)32/h2,4,6-11,13-14,18-19,24-26,29-30,34-35H,3,5,12,15-17,20-21H2,1H3/b4-2-,19-18+. The highest BCUT2D eigenvalue weighted by atomic mass is 79.9. The molecule has 0 saturated heterocycles. The van der Waals surface area contributed by atoms with Crippen molar-refractivity contribution in [2.45, 2.75) is 69.9 Å². The molecule has 206 valence electrons. The van der Waals surface area contributed by atoms with Crippen molar-refractivity contribution in [3.63, 3.8) is 0 Å². The van der Waals surface area contributed by atoms with Crippen molar-refractivity contribution in [2.24, 2.45) is 11.8 Å². The number of hydrogen-bond acceptors (Lipinski definition) is 5. The highest BCUT2D eigenvalue weighted by molar-refractivity contribution is 9.10. The summed E-state index contributed by atoms with van der Waals surface area (Å²) in [6, 6.07) is 14.5. The molecule has 0 heterocycles. The molecular formula is C31H38BrFO5. The Hall–Kier alpha value is -2.32. The molecule has 0 bridgehead atoms. The number of carbonyl (C=O) groups is 1. The van der Waals surface area contributed by atoms with E-state index in [-0.39, 0.29) is 29.7 Å². The fourth-order valence-electron chi connectivity index (χ4n) is 4.87. The first-order chi connectivity index (χ1) is 18.4. The molecule has 38 heavy (non-hydrogen) atoms. The van der Waals surface area contributed by atoms with Gasteiger partial charge in [0.05, 0.1) is 32.0 Å². The monoisotopic (exact) mass is 588 g/mol. The summed E-state index contributed by atoms with van der Waals surface area (Å²) in [4.78, 5) is 11.3. The zero-order valence-electron chi connectivity index (χ0n) is 21.8. The molecule has 1 aliphatic rings. The number of aliphatic hydroxyl groups is 2. The third-order valence-corrected chi connectivity index (χ3v) is 7.85. The zero-order chi connectivity index (χ0) is 27.3. The summed E-state index contributed by atoms with van der Waals surface area (Å²) in [5, 5.41) is 21.5. The number of ether oxygens (including phenoxy) is 2. The van der Waals surface area contributed by atoms with Gasteiger partial charge >= 0.3 is 5.97 Å². The van der Waals surface area contributed by atoms with Crippen LogP contribution < -0.4 is 0 Å². The van der Waals surface area contributed by atoms with Crippen molar-refractivity contribution >= 4 is 21.9 Å². The molecule has 0 aliphatic heterocycles. The topological polar surface area (TPSA) is 76.0 Å². The van der Waals surface area contributed by atoms with Crippen LogP contribution in [0.1, 0.15) is 49.7 Å². The van der Waals surface area contributed by atoms with Crippen molar-refractivity contribution in [3.8, 4) is 0 Å². The summed E-state index contributed by atoms with van der Waals surface area (Å²) in [5.74, 6) is -0.628. The summed E-state index contributed by atoms with van der Waals surface area (Å²) >= 11 is 3.56. The number of allylic oxidation sites excluding steroid dienone is 2. The second-order valence-electron chi connectivity index (χ2n) is 9.74. The first kappa shape index (κ1) is 30.2. The maximum Gasteiger partial charge on any atom is 0.305 e. The van der Waals surface area contributed by atoms with Gasteiger partial charge in [-0.1, -0.05) is 76.6 Å². The number of halogens is 2. The molecule has 0 aromatic heterocycles. The highest BCUT2D eigenvalue weighted by Crippen LogP contribution is 2.39. The van der Waals surface area contributed by atoms with Crippen molar-refractivity contribution in [3.05, 3.63) is 94.3 Å². The van der Waals surface area contributed by atoms with E-state index >= 15 is 0 Å². The van der Waals surface area contributed by atoms with Gasteiger partial charge in [0.15, 0.2) is 0 Å². The van der Waals surface area contributed by atoms with E-state index in [2.05, 4.69) is 26.7 Å². The van der Waals surface area contributed by atoms with Crippen molar-refractivity contribution in [2.75, 3.05) is 7.11 Å². The van der Waals surface area contributed by atoms with Crippen LogP contribution in [-0.2, 0) is 27.3 Å². The highest BCUT2D eigenvalue weighted by Gasteiger charge is 2.41. The van der Waals surface area contributed by atoms with Crippen LogP contribution >= 0.6 is 15.9 Å². The molecule has 0 spiro atoms. The lowest BCUT2D eigenvalue weighted by Gasteiger charge is -2.23. The number of benzene rings is 2. The van der Waals surface area contributed by atoms with Crippen molar-refractivity contribution in [1.29, 1.82) is 0 Å². The third kappa shape index (κ3) is 9.45. The average molecular weight is 590 g/mol.